The van der Waals surface area contributed by atoms with Gasteiger partial charge in [-0.2, -0.15) is 0 Å². The summed E-state index contributed by atoms with van der Waals surface area (Å²) in [4.78, 5) is 10.5. The Balaban J connectivity index is 3.46. The summed E-state index contributed by atoms with van der Waals surface area (Å²) >= 11 is 0. The summed E-state index contributed by atoms with van der Waals surface area (Å²) in [7, 11) is 3.08. The van der Waals surface area contributed by atoms with E-state index in [4.69, 9.17) is 0 Å². The summed E-state index contributed by atoms with van der Waals surface area (Å²) in [6.07, 6.45) is 0. The van der Waals surface area contributed by atoms with Gasteiger partial charge in [0.2, 0.25) is 0 Å². The van der Waals surface area contributed by atoms with Crippen LogP contribution in [0.1, 0.15) is 6.92 Å². The van der Waals surface area contributed by atoms with Crippen LogP contribution in [0.4, 0.5) is 0 Å². The van der Waals surface area contributed by atoms with Gasteiger partial charge < -0.3 is 10.1 Å². The van der Waals surface area contributed by atoms with E-state index in [0.717, 1.165) is 0 Å². The normalized spacial score (nSPS) is 12.9. The lowest BCUT2D eigenvalue weighted by Crippen LogP contribution is -2.31. The molecule has 3 heteroatoms. The van der Waals surface area contributed by atoms with Gasteiger partial charge in [0.25, 0.3) is 0 Å². The molecule has 0 aromatic rings. The second-order valence-electron chi connectivity index (χ2n) is 1.53. The number of methoxy groups -OCH3 is 1. The molecule has 48 valence electrons. The molecule has 0 saturated heterocycles. The average Bonchev–Trinajstić information content (AvgIpc) is 1.84. The van der Waals surface area contributed by atoms with Crippen LogP contribution < -0.4 is 5.32 Å². The fourth-order valence-electron chi connectivity index (χ4n) is 0.295. The van der Waals surface area contributed by atoms with Crippen molar-refractivity contribution in [2.45, 2.75) is 13.0 Å². The first-order valence-electron chi connectivity index (χ1n) is 2.47. The van der Waals surface area contributed by atoms with E-state index in [9.17, 15) is 4.79 Å². The molecule has 0 heterocycles. The van der Waals surface area contributed by atoms with Crippen molar-refractivity contribution < 1.29 is 9.53 Å². The Hall–Kier alpha value is -0.570. The Morgan fingerprint density at radius 2 is 2.25 bits per heavy atom. The summed E-state index contributed by atoms with van der Waals surface area (Å²) in [6.45, 7) is 1.74. The van der Waals surface area contributed by atoms with Gasteiger partial charge in [0.1, 0.15) is 6.04 Å². The lowest BCUT2D eigenvalue weighted by Gasteiger charge is -2.04. The maximum absolute atomic E-state index is 10.5. The van der Waals surface area contributed by atoms with Gasteiger partial charge in [-0.15, -0.1) is 0 Å². The van der Waals surface area contributed by atoms with Gasteiger partial charge >= 0.3 is 5.97 Å². The number of nitrogens with one attached hydrogen (secondary N) is 1. The molecule has 0 aliphatic rings. The van der Waals surface area contributed by atoms with Crippen molar-refractivity contribution in [3.05, 3.63) is 0 Å². The lowest BCUT2D eigenvalue weighted by molar-refractivity contribution is -0.142. The van der Waals surface area contributed by atoms with E-state index in [1.807, 2.05) is 0 Å². The van der Waals surface area contributed by atoms with Crippen molar-refractivity contribution in [1.29, 1.82) is 0 Å². The minimum Gasteiger partial charge on any atom is -0.468 e. The smallest absolute Gasteiger partial charge is 0.322 e. The fraction of sp³-hybridized carbons (Fsp3) is 0.800. The summed E-state index contributed by atoms with van der Waals surface area (Å²) in [5.74, 6) is -0.229. The van der Waals surface area contributed by atoms with E-state index < -0.39 is 0 Å². The molecule has 0 saturated carbocycles. The molecule has 1 unspecified atom stereocenters. The predicted octanol–water partition coefficient (Wildman–Crippen LogP) is -0.233. The van der Waals surface area contributed by atoms with Crippen LogP contribution in [0.2, 0.25) is 0 Å². The zero-order valence-corrected chi connectivity index (χ0v) is 5.39. The lowest BCUT2D eigenvalue weighted by atomic mass is 10.4. The average molecular weight is 117 g/mol. The Morgan fingerprint density at radius 1 is 1.75 bits per heavy atom. The van der Waals surface area contributed by atoms with Gasteiger partial charge in [0, 0.05) is 0 Å². The van der Waals surface area contributed by atoms with Crippen LogP contribution in [0.5, 0.6) is 0 Å². The van der Waals surface area contributed by atoms with Crippen molar-refractivity contribution in [1.82, 2.24) is 5.32 Å². The first-order chi connectivity index (χ1) is 3.72. The number of rotatable bonds is 2. The molecular formula is C5H11NO2. The quantitative estimate of drug-likeness (QED) is 0.507. The Morgan fingerprint density at radius 3 is 2.38 bits per heavy atom. The third-order valence-corrected chi connectivity index (χ3v) is 0.988. The molecule has 0 aliphatic heterocycles. The Labute approximate surface area is 49.0 Å². The van der Waals surface area contributed by atoms with Crippen molar-refractivity contribution in [2.75, 3.05) is 14.2 Å². The zero-order chi connectivity index (χ0) is 6.57. The number of carbonyl (C=O) groups is 1. The fourth-order valence-corrected chi connectivity index (χ4v) is 0.295. The summed E-state index contributed by atoms with van der Waals surface area (Å²) in [6, 6.07) is -0.194. The molecule has 3 nitrogen and oxygen atoms in total. The molecule has 0 amide bonds. The van der Waals surface area contributed by atoms with Crippen molar-refractivity contribution in [3.63, 3.8) is 0 Å². The summed E-state index contributed by atoms with van der Waals surface area (Å²) < 4.78 is 4.40. The van der Waals surface area contributed by atoms with E-state index in [0.29, 0.717) is 0 Å². The predicted molar refractivity (Wildman–Crippen MR) is 30.5 cm³/mol. The molecule has 8 heavy (non-hydrogen) atoms. The molecule has 1 atom stereocenters. The highest BCUT2D eigenvalue weighted by Crippen LogP contribution is 1.81. The van der Waals surface area contributed by atoms with Gasteiger partial charge in [0.05, 0.1) is 7.11 Å². The maximum atomic E-state index is 10.5. The SMILES string of the molecule is CNC(C)C(=O)OC. The molecule has 0 aliphatic carbocycles. The Kier molecular flexibility index (Phi) is 3.19. The van der Waals surface area contributed by atoms with Gasteiger partial charge in [-0.05, 0) is 14.0 Å². The molecule has 0 radical (unpaired) electrons. The zero-order valence-electron chi connectivity index (χ0n) is 5.39. The van der Waals surface area contributed by atoms with Gasteiger partial charge in [-0.25, -0.2) is 0 Å². The van der Waals surface area contributed by atoms with E-state index in [1.54, 1.807) is 14.0 Å². The maximum Gasteiger partial charge on any atom is 0.322 e. The summed E-state index contributed by atoms with van der Waals surface area (Å²) in [5.41, 5.74) is 0. The number of hydrogen-bond donors (Lipinski definition) is 1. The molecular weight excluding hydrogens is 106 g/mol. The number of ether oxygens (including phenoxy) is 1. The molecule has 0 fully saturated rings. The molecule has 1 N–H and O–H groups in total. The minimum atomic E-state index is -0.229. The van der Waals surface area contributed by atoms with Crippen LogP contribution >= 0.6 is 0 Å². The summed E-state index contributed by atoms with van der Waals surface area (Å²) in [5, 5.41) is 2.74. The van der Waals surface area contributed by atoms with E-state index in [-0.39, 0.29) is 12.0 Å². The monoisotopic (exact) mass is 117 g/mol. The second kappa shape index (κ2) is 3.43. The number of likely N-dealkylation sites (N-methyl/N-ethyl adjacent to an activating group) is 1. The highest BCUT2D eigenvalue weighted by atomic mass is 16.5. The van der Waals surface area contributed by atoms with Crippen molar-refractivity contribution in [2.24, 2.45) is 0 Å². The number of esters is 1. The third kappa shape index (κ3) is 1.93. The van der Waals surface area contributed by atoms with Crippen LogP contribution in [-0.2, 0) is 9.53 Å². The number of hydrogen-bond acceptors (Lipinski definition) is 3. The minimum absolute atomic E-state index is 0.194. The first kappa shape index (κ1) is 7.43. The van der Waals surface area contributed by atoms with Crippen molar-refractivity contribution >= 4 is 5.97 Å². The van der Waals surface area contributed by atoms with Crippen molar-refractivity contribution in [3.8, 4) is 0 Å². The molecule has 0 aromatic carbocycles. The highest BCUT2D eigenvalue weighted by Gasteiger charge is 2.07. The van der Waals surface area contributed by atoms with Crippen LogP contribution in [-0.4, -0.2) is 26.2 Å². The van der Waals surface area contributed by atoms with Gasteiger partial charge in [-0.1, -0.05) is 0 Å². The van der Waals surface area contributed by atoms with E-state index >= 15 is 0 Å². The van der Waals surface area contributed by atoms with Gasteiger partial charge in [0.15, 0.2) is 0 Å². The molecule has 0 rings (SSSR count). The van der Waals surface area contributed by atoms with E-state index in [2.05, 4.69) is 10.1 Å². The second-order valence-corrected chi connectivity index (χ2v) is 1.53. The third-order valence-electron chi connectivity index (χ3n) is 0.988. The largest absolute Gasteiger partial charge is 0.468 e. The first-order valence-corrected chi connectivity index (χ1v) is 2.47. The molecule has 0 spiro atoms. The van der Waals surface area contributed by atoms with Gasteiger partial charge in [-0.3, -0.25) is 4.79 Å². The van der Waals surface area contributed by atoms with Crippen LogP contribution in [0.15, 0.2) is 0 Å². The highest BCUT2D eigenvalue weighted by molar-refractivity contribution is 5.74. The number of carbonyl (C=O) groups excluding carboxylic acids is 1. The van der Waals surface area contributed by atoms with Crippen LogP contribution in [0.3, 0.4) is 0 Å². The molecule has 0 aromatic heterocycles. The van der Waals surface area contributed by atoms with Crippen LogP contribution in [0, 0.1) is 0 Å². The van der Waals surface area contributed by atoms with E-state index in [1.165, 1.54) is 7.11 Å². The van der Waals surface area contributed by atoms with Crippen LogP contribution in [0.25, 0.3) is 0 Å². The Bertz CT molecular complexity index is 82.5. The molecule has 0 bridgehead atoms. The standard InChI is InChI=1S/C5H11NO2/c1-4(6-2)5(7)8-3/h4,6H,1-3H3. The topological polar surface area (TPSA) is 38.3 Å².